The van der Waals surface area contributed by atoms with Crippen LogP contribution in [0.1, 0.15) is 15.9 Å². The third-order valence-electron chi connectivity index (χ3n) is 3.63. The molecule has 0 radical (unpaired) electrons. The fourth-order valence-electron chi connectivity index (χ4n) is 2.44. The number of hydrogen-bond acceptors (Lipinski definition) is 5. The highest BCUT2D eigenvalue weighted by molar-refractivity contribution is 6.00. The smallest absolute Gasteiger partial charge is 0.271 e. The molecule has 1 aromatic heterocycles. The Hall–Kier alpha value is -3.48. The molecule has 1 amide bonds. The number of benzene rings is 2. The van der Waals surface area contributed by atoms with Crippen molar-refractivity contribution in [2.24, 2.45) is 12.1 Å². The number of aryl methyl sites for hydroxylation is 1. The Morgan fingerprint density at radius 2 is 1.83 bits per heavy atom. The molecule has 0 saturated carbocycles. The molecule has 0 aliphatic carbocycles. The Bertz CT molecular complexity index is 937. The zero-order valence-corrected chi connectivity index (χ0v) is 12.8. The molecule has 0 aliphatic heterocycles. The molecular formula is C17H15N3O4. The van der Waals surface area contributed by atoms with Crippen LogP contribution >= 0.6 is 0 Å². The Labute approximate surface area is 137 Å². The van der Waals surface area contributed by atoms with Gasteiger partial charge in [0.15, 0.2) is 17.2 Å². The predicted molar refractivity (Wildman–Crippen MR) is 89.4 cm³/mol. The van der Waals surface area contributed by atoms with Gasteiger partial charge in [-0.2, -0.15) is 5.10 Å². The quantitative estimate of drug-likeness (QED) is 0.336. The van der Waals surface area contributed by atoms with Gasteiger partial charge in [0.2, 0.25) is 0 Å². The van der Waals surface area contributed by atoms with Gasteiger partial charge in [0.05, 0.1) is 6.21 Å². The van der Waals surface area contributed by atoms with Gasteiger partial charge in [-0.25, -0.2) is 5.43 Å². The van der Waals surface area contributed by atoms with Gasteiger partial charge in [-0.05, 0) is 18.2 Å². The van der Waals surface area contributed by atoms with Crippen LogP contribution in [0, 0.1) is 0 Å². The topological polar surface area (TPSA) is 107 Å². The highest BCUT2D eigenvalue weighted by atomic mass is 16.3. The molecule has 7 heteroatoms. The van der Waals surface area contributed by atoms with E-state index in [1.54, 1.807) is 0 Å². The number of aromatic hydroxyl groups is 3. The SMILES string of the molecule is Cn1cc(/C=N/NC(=O)c2cc(O)c(O)c(O)c2)c2ccccc21. The molecule has 0 spiro atoms. The van der Waals surface area contributed by atoms with Crippen LogP contribution in [-0.2, 0) is 7.05 Å². The molecule has 4 N–H and O–H groups in total. The number of nitrogens with one attached hydrogen (secondary N) is 1. The minimum absolute atomic E-state index is 0.0298. The molecule has 0 fully saturated rings. The van der Waals surface area contributed by atoms with Gasteiger partial charge in [-0.1, -0.05) is 18.2 Å². The number of phenols is 3. The van der Waals surface area contributed by atoms with Crippen LogP contribution in [0.5, 0.6) is 17.2 Å². The number of rotatable bonds is 3. The molecular weight excluding hydrogens is 310 g/mol. The van der Waals surface area contributed by atoms with Gasteiger partial charge in [0.1, 0.15) is 0 Å². The maximum absolute atomic E-state index is 12.0. The number of nitrogens with zero attached hydrogens (tertiary/aromatic N) is 2. The second-order valence-corrected chi connectivity index (χ2v) is 5.27. The summed E-state index contributed by atoms with van der Waals surface area (Å²) in [5.74, 6) is -2.47. The van der Waals surface area contributed by atoms with E-state index in [1.807, 2.05) is 42.1 Å². The van der Waals surface area contributed by atoms with Crippen molar-refractivity contribution in [3.63, 3.8) is 0 Å². The average molecular weight is 325 g/mol. The summed E-state index contributed by atoms with van der Waals surface area (Å²) < 4.78 is 1.95. The normalized spacial score (nSPS) is 11.2. The van der Waals surface area contributed by atoms with Crippen molar-refractivity contribution in [3.05, 3.63) is 53.7 Å². The van der Waals surface area contributed by atoms with E-state index in [4.69, 9.17) is 0 Å². The number of aromatic nitrogens is 1. The van der Waals surface area contributed by atoms with Crippen LogP contribution in [0.3, 0.4) is 0 Å². The van der Waals surface area contributed by atoms with Gasteiger partial charge in [-0.15, -0.1) is 0 Å². The highest BCUT2D eigenvalue weighted by Gasteiger charge is 2.13. The standard InChI is InChI=1S/C17H15N3O4/c1-20-9-11(12-4-2-3-5-13(12)20)8-18-19-17(24)10-6-14(21)16(23)15(22)7-10/h2-9,21-23H,1H3,(H,19,24)/b18-8+. The molecule has 3 rings (SSSR count). The third kappa shape index (κ3) is 2.74. The van der Waals surface area contributed by atoms with Crippen molar-refractivity contribution in [1.82, 2.24) is 9.99 Å². The van der Waals surface area contributed by atoms with E-state index >= 15 is 0 Å². The van der Waals surface area contributed by atoms with E-state index in [-0.39, 0.29) is 5.56 Å². The highest BCUT2D eigenvalue weighted by Crippen LogP contribution is 2.35. The summed E-state index contributed by atoms with van der Waals surface area (Å²) in [6.45, 7) is 0. The summed E-state index contributed by atoms with van der Waals surface area (Å²) in [6.07, 6.45) is 3.40. The van der Waals surface area contributed by atoms with Gasteiger partial charge in [0.25, 0.3) is 5.91 Å². The monoisotopic (exact) mass is 325 g/mol. The molecule has 0 saturated heterocycles. The number of amides is 1. The molecule has 0 atom stereocenters. The van der Waals surface area contributed by atoms with E-state index in [1.165, 1.54) is 6.21 Å². The van der Waals surface area contributed by atoms with Gasteiger partial charge in [0, 0.05) is 35.3 Å². The lowest BCUT2D eigenvalue weighted by atomic mass is 10.2. The zero-order chi connectivity index (χ0) is 17.3. The van der Waals surface area contributed by atoms with Crippen molar-refractivity contribution < 1.29 is 20.1 Å². The van der Waals surface area contributed by atoms with Crippen molar-refractivity contribution in [2.45, 2.75) is 0 Å². The first kappa shape index (κ1) is 15.4. The van der Waals surface area contributed by atoms with Gasteiger partial charge in [-0.3, -0.25) is 4.79 Å². The van der Waals surface area contributed by atoms with Gasteiger partial charge >= 0.3 is 0 Å². The fourth-order valence-corrected chi connectivity index (χ4v) is 2.44. The zero-order valence-electron chi connectivity index (χ0n) is 12.8. The molecule has 0 unspecified atom stereocenters. The lowest BCUT2D eigenvalue weighted by molar-refractivity contribution is 0.0954. The molecule has 122 valence electrons. The molecule has 2 aromatic carbocycles. The Kier molecular flexibility index (Phi) is 3.83. The first-order chi connectivity index (χ1) is 11.5. The van der Waals surface area contributed by atoms with Crippen molar-refractivity contribution in [3.8, 4) is 17.2 Å². The first-order valence-corrected chi connectivity index (χ1v) is 7.10. The maximum Gasteiger partial charge on any atom is 0.271 e. The third-order valence-corrected chi connectivity index (χ3v) is 3.63. The molecule has 7 nitrogen and oxygen atoms in total. The first-order valence-electron chi connectivity index (χ1n) is 7.10. The van der Waals surface area contributed by atoms with Crippen molar-refractivity contribution in [2.75, 3.05) is 0 Å². The lowest BCUT2D eigenvalue weighted by Crippen LogP contribution is -2.17. The summed E-state index contributed by atoms with van der Waals surface area (Å²) >= 11 is 0. The second kappa shape index (κ2) is 5.96. The molecule has 24 heavy (non-hydrogen) atoms. The van der Waals surface area contributed by atoms with Crippen LogP contribution in [-0.4, -0.2) is 32.0 Å². The summed E-state index contributed by atoms with van der Waals surface area (Å²) in [6, 6.07) is 9.87. The van der Waals surface area contributed by atoms with E-state index in [9.17, 15) is 20.1 Å². The van der Waals surface area contributed by atoms with Crippen LogP contribution in [0.4, 0.5) is 0 Å². The Balaban J connectivity index is 1.80. The molecule has 1 heterocycles. The lowest BCUT2D eigenvalue weighted by Gasteiger charge is -2.04. The minimum Gasteiger partial charge on any atom is -0.504 e. The van der Waals surface area contributed by atoms with Crippen LogP contribution in [0.15, 0.2) is 47.7 Å². The number of carbonyl (C=O) groups is 1. The Morgan fingerprint density at radius 3 is 2.54 bits per heavy atom. The number of phenolic OH excluding ortho intramolecular Hbond substituents is 3. The minimum atomic E-state index is -0.675. The van der Waals surface area contributed by atoms with Crippen molar-refractivity contribution in [1.29, 1.82) is 0 Å². The Morgan fingerprint density at radius 1 is 1.17 bits per heavy atom. The van der Waals surface area contributed by atoms with Crippen LogP contribution in [0.25, 0.3) is 10.9 Å². The number of hydrogen-bond donors (Lipinski definition) is 4. The molecule has 3 aromatic rings. The average Bonchev–Trinajstić information content (AvgIpc) is 2.89. The largest absolute Gasteiger partial charge is 0.504 e. The molecule has 0 bridgehead atoms. The number of para-hydroxylation sites is 1. The number of fused-ring (bicyclic) bond motifs is 1. The summed E-state index contributed by atoms with van der Waals surface area (Å²) in [4.78, 5) is 12.0. The predicted octanol–water partition coefficient (Wildman–Crippen LogP) is 2.06. The van der Waals surface area contributed by atoms with E-state index < -0.39 is 23.2 Å². The summed E-state index contributed by atoms with van der Waals surface area (Å²) in [7, 11) is 1.92. The number of hydrazone groups is 1. The molecule has 0 aliphatic rings. The van der Waals surface area contributed by atoms with E-state index in [0.29, 0.717) is 0 Å². The summed E-state index contributed by atoms with van der Waals surface area (Å²) in [5, 5.41) is 33.0. The second-order valence-electron chi connectivity index (χ2n) is 5.27. The maximum atomic E-state index is 12.0. The number of carbonyl (C=O) groups excluding carboxylic acids is 1. The van der Waals surface area contributed by atoms with Gasteiger partial charge < -0.3 is 19.9 Å². The van der Waals surface area contributed by atoms with Crippen LogP contribution < -0.4 is 5.43 Å². The van der Waals surface area contributed by atoms with Crippen LogP contribution in [0.2, 0.25) is 0 Å². The van der Waals surface area contributed by atoms with Crippen molar-refractivity contribution >= 4 is 23.0 Å². The van der Waals surface area contributed by atoms with E-state index in [2.05, 4.69) is 10.5 Å². The summed E-state index contributed by atoms with van der Waals surface area (Å²) in [5.41, 5.74) is 4.16. The fraction of sp³-hybridized carbons (Fsp3) is 0.0588. The van der Waals surface area contributed by atoms with E-state index in [0.717, 1.165) is 28.6 Å².